The molecule has 0 unspecified atom stereocenters. The Kier molecular flexibility index (Phi) is 11.1. The molecule has 6 rings (SSSR count). The van der Waals surface area contributed by atoms with Gasteiger partial charge in [-0.15, -0.1) is 0 Å². The molecule has 0 saturated heterocycles. The van der Waals surface area contributed by atoms with Crippen molar-refractivity contribution in [2.45, 2.75) is 6.92 Å². The maximum atomic E-state index is 2.12. The van der Waals surface area contributed by atoms with E-state index in [-0.39, 0.29) is 0 Å². The SMILES string of the molecule is Cc1ccccc1.c1ccc(-c2ccccc2)cc1.c1ccc2ccccc2c1.c1ccccc1. The van der Waals surface area contributed by atoms with Crippen molar-refractivity contribution in [3.63, 3.8) is 0 Å². The summed E-state index contributed by atoms with van der Waals surface area (Å²) in [6.07, 6.45) is 0. The van der Waals surface area contributed by atoms with Gasteiger partial charge < -0.3 is 0 Å². The number of aryl methyl sites for hydroxylation is 1. The maximum Gasteiger partial charge on any atom is -0.0184 e. The molecule has 0 heteroatoms. The summed E-state index contributed by atoms with van der Waals surface area (Å²) in [6.45, 7) is 2.08. The third-order valence-electron chi connectivity index (χ3n) is 5.15. The van der Waals surface area contributed by atoms with Crippen LogP contribution in [-0.4, -0.2) is 0 Å². The monoisotopic (exact) mass is 452 g/mol. The molecule has 0 radical (unpaired) electrons. The molecule has 0 aliphatic rings. The molecule has 172 valence electrons. The number of benzene rings is 6. The predicted octanol–water partition coefficient (Wildman–Crippen LogP) is 9.88. The quantitative estimate of drug-likeness (QED) is 0.233. The van der Waals surface area contributed by atoms with Gasteiger partial charge in [0.25, 0.3) is 0 Å². The molecular formula is C35H32. The van der Waals surface area contributed by atoms with Crippen LogP contribution in [0.2, 0.25) is 0 Å². The molecule has 0 nitrogen and oxygen atoms in total. The smallest absolute Gasteiger partial charge is 0.0184 e. The average Bonchev–Trinajstić information content (AvgIpc) is 2.96. The molecule has 0 spiro atoms. The van der Waals surface area contributed by atoms with Gasteiger partial charge in [-0.3, -0.25) is 0 Å². The van der Waals surface area contributed by atoms with Gasteiger partial charge in [0.2, 0.25) is 0 Å². The van der Waals surface area contributed by atoms with Gasteiger partial charge in [0.15, 0.2) is 0 Å². The van der Waals surface area contributed by atoms with Gasteiger partial charge in [0, 0.05) is 0 Å². The molecule has 0 aromatic heterocycles. The van der Waals surface area contributed by atoms with Crippen LogP contribution in [-0.2, 0) is 0 Å². The number of hydrogen-bond donors (Lipinski definition) is 0. The molecule has 0 aliphatic carbocycles. The topological polar surface area (TPSA) is 0 Å². The van der Waals surface area contributed by atoms with Crippen molar-refractivity contribution in [2.24, 2.45) is 0 Å². The Bertz CT molecular complexity index is 1180. The van der Waals surface area contributed by atoms with Crippen molar-refractivity contribution in [1.82, 2.24) is 0 Å². The van der Waals surface area contributed by atoms with Gasteiger partial charge in [-0.1, -0.05) is 181 Å². The number of hydrogen-bond acceptors (Lipinski definition) is 0. The van der Waals surface area contributed by atoms with Crippen molar-refractivity contribution >= 4 is 10.8 Å². The Balaban J connectivity index is 0.000000135. The summed E-state index contributed by atoms with van der Waals surface area (Å²) >= 11 is 0. The fraction of sp³-hybridized carbons (Fsp3) is 0.0286. The van der Waals surface area contributed by atoms with E-state index in [1.165, 1.54) is 27.5 Å². The van der Waals surface area contributed by atoms with Crippen LogP contribution in [0.15, 0.2) is 176 Å². The van der Waals surface area contributed by atoms with Crippen molar-refractivity contribution in [3.8, 4) is 11.1 Å². The van der Waals surface area contributed by atoms with Crippen LogP contribution in [0.1, 0.15) is 5.56 Å². The molecular weight excluding hydrogens is 420 g/mol. The van der Waals surface area contributed by atoms with Crippen LogP contribution < -0.4 is 0 Å². The van der Waals surface area contributed by atoms with E-state index in [9.17, 15) is 0 Å². The summed E-state index contributed by atoms with van der Waals surface area (Å²) in [6, 6.07) is 59.8. The van der Waals surface area contributed by atoms with Crippen molar-refractivity contribution < 1.29 is 0 Å². The second-order valence-corrected chi connectivity index (χ2v) is 7.89. The largest absolute Gasteiger partial charge is 0.0623 e. The molecule has 6 aromatic carbocycles. The molecule has 0 atom stereocenters. The van der Waals surface area contributed by atoms with Gasteiger partial charge in [-0.25, -0.2) is 0 Å². The molecule has 0 heterocycles. The highest BCUT2D eigenvalue weighted by Crippen LogP contribution is 2.17. The zero-order valence-corrected chi connectivity index (χ0v) is 20.2. The summed E-state index contributed by atoms with van der Waals surface area (Å²) < 4.78 is 0. The normalized spacial score (nSPS) is 9.29. The van der Waals surface area contributed by atoms with Crippen LogP contribution in [0.3, 0.4) is 0 Å². The Labute approximate surface area is 210 Å². The minimum absolute atomic E-state index is 1.28. The molecule has 0 amide bonds. The predicted molar refractivity (Wildman–Crippen MR) is 153 cm³/mol. The molecule has 0 aliphatic heterocycles. The van der Waals surface area contributed by atoms with Crippen LogP contribution in [0, 0.1) is 6.92 Å². The van der Waals surface area contributed by atoms with E-state index < -0.39 is 0 Å². The van der Waals surface area contributed by atoms with Crippen LogP contribution >= 0.6 is 0 Å². The lowest BCUT2D eigenvalue weighted by Gasteiger charge is -1.98. The van der Waals surface area contributed by atoms with Crippen LogP contribution in [0.4, 0.5) is 0 Å². The van der Waals surface area contributed by atoms with E-state index in [1.54, 1.807) is 0 Å². The van der Waals surface area contributed by atoms with Crippen molar-refractivity contribution in [2.75, 3.05) is 0 Å². The summed E-state index contributed by atoms with van der Waals surface area (Å²) in [5, 5.41) is 2.62. The first kappa shape index (κ1) is 25.2. The zero-order valence-electron chi connectivity index (χ0n) is 20.2. The lowest BCUT2D eigenvalue weighted by atomic mass is 10.1. The Morgan fingerprint density at radius 1 is 0.257 bits per heavy atom. The Hall–Kier alpha value is -4.42. The van der Waals surface area contributed by atoms with E-state index in [2.05, 4.69) is 116 Å². The Morgan fingerprint density at radius 3 is 0.743 bits per heavy atom. The molecule has 35 heavy (non-hydrogen) atoms. The third kappa shape index (κ3) is 9.94. The molecule has 0 bridgehead atoms. The zero-order chi connectivity index (χ0) is 24.4. The third-order valence-corrected chi connectivity index (χ3v) is 5.15. The first-order valence-corrected chi connectivity index (χ1v) is 11.9. The number of fused-ring (bicyclic) bond motifs is 1. The van der Waals surface area contributed by atoms with Gasteiger partial charge in [-0.05, 0) is 28.8 Å². The number of rotatable bonds is 1. The Morgan fingerprint density at radius 2 is 0.486 bits per heavy atom. The lowest BCUT2D eigenvalue weighted by molar-refractivity contribution is 1.48. The molecule has 0 N–H and O–H groups in total. The minimum atomic E-state index is 1.28. The second kappa shape index (κ2) is 15.4. The van der Waals surface area contributed by atoms with E-state index in [0.717, 1.165) is 0 Å². The fourth-order valence-corrected chi connectivity index (χ4v) is 3.31. The van der Waals surface area contributed by atoms with Gasteiger partial charge in [0.1, 0.15) is 0 Å². The second-order valence-electron chi connectivity index (χ2n) is 7.89. The highest BCUT2D eigenvalue weighted by molar-refractivity contribution is 5.82. The summed E-state index contributed by atoms with van der Waals surface area (Å²) in [7, 11) is 0. The average molecular weight is 453 g/mol. The van der Waals surface area contributed by atoms with Crippen LogP contribution in [0.5, 0.6) is 0 Å². The van der Waals surface area contributed by atoms with Gasteiger partial charge >= 0.3 is 0 Å². The van der Waals surface area contributed by atoms with E-state index in [0.29, 0.717) is 0 Å². The molecule has 0 fully saturated rings. The van der Waals surface area contributed by atoms with Crippen molar-refractivity contribution in [3.05, 3.63) is 181 Å². The first-order chi connectivity index (χ1) is 17.3. The lowest BCUT2D eigenvalue weighted by Crippen LogP contribution is -1.73. The van der Waals surface area contributed by atoms with Gasteiger partial charge in [0.05, 0.1) is 0 Å². The highest BCUT2D eigenvalue weighted by Gasteiger charge is 1.91. The van der Waals surface area contributed by atoms with E-state index >= 15 is 0 Å². The van der Waals surface area contributed by atoms with Gasteiger partial charge in [-0.2, -0.15) is 0 Å². The summed E-state index contributed by atoms with van der Waals surface area (Å²) in [5.74, 6) is 0. The van der Waals surface area contributed by atoms with E-state index in [1.807, 2.05) is 66.7 Å². The first-order valence-electron chi connectivity index (χ1n) is 11.9. The summed E-state index contributed by atoms with van der Waals surface area (Å²) in [4.78, 5) is 0. The molecule has 0 saturated carbocycles. The van der Waals surface area contributed by atoms with Crippen LogP contribution in [0.25, 0.3) is 21.9 Å². The maximum absolute atomic E-state index is 2.12. The highest BCUT2D eigenvalue weighted by atomic mass is 14.0. The van der Waals surface area contributed by atoms with E-state index in [4.69, 9.17) is 0 Å². The fourth-order valence-electron chi connectivity index (χ4n) is 3.31. The minimum Gasteiger partial charge on any atom is -0.0623 e. The van der Waals surface area contributed by atoms with Crippen molar-refractivity contribution in [1.29, 1.82) is 0 Å². The standard InChI is InChI=1S/C12H10.C10H8.C7H8.C6H6/c1-3-7-11(8-4-1)12-9-5-2-6-10-12;1-2-6-10-8-4-3-7-9(10)5-1;1-7-5-3-2-4-6-7;1-2-4-6-5-3-1/h1-10H;1-8H;2-6H,1H3;1-6H. The summed E-state index contributed by atoms with van der Waals surface area (Å²) in [5.41, 5.74) is 3.87. The molecule has 6 aromatic rings.